The Morgan fingerprint density at radius 1 is 1.23 bits per heavy atom. The highest BCUT2D eigenvalue weighted by Gasteiger charge is 2.34. The number of hydrogen-bond donors (Lipinski definition) is 0. The zero-order valence-electron chi connectivity index (χ0n) is 14.3. The van der Waals surface area contributed by atoms with Gasteiger partial charge in [0.05, 0.1) is 7.11 Å². The molecular formula is C19H18N4O3. The van der Waals surface area contributed by atoms with Crippen LogP contribution in [0.4, 0.5) is 0 Å². The fraction of sp³-hybridized carbons (Fsp3) is 0.263. The van der Waals surface area contributed by atoms with E-state index in [2.05, 4.69) is 15.1 Å². The number of benzene rings is 1. The summed E-state index contributed by atoms with van der Waals surface area (Å²) in [4.78, 5) is 22.7. The van der Waals surface area contributed by atoms with Gasteiger partial charge in [-0.3, -0.25) is 9.78 Å². The van der Waals surface area contributed by atoms with Crippen molar-refractivity contribution in [3.05, 3.63) is 60.2 Å². The van der Waals surface area contributed by atoms with Gasteiger partial charge in [-0.05, 0) is 18.2 Å². The zero-order chi connectivity index (χ0) is 17.9. The lowest BCUT2D eigenvalue weighted by Gasteiger charge is -2.17. The van der Waals surface area contributed by atoms with Crippen molar-refractivity contribution in [1.82, 2.24) is 20.0 Å². The van der Waals surface area contributed by atoms with Crippen LogP contribution < -0.4 is 4.74 Å². The minimum Gasteiger partial charge on any atom is -0.496 e. The maximum Gasteiger partial charge on any atom is 0.258 e. The molecule has 7 heteroatoms. The molecular weight excluding hydrogens is 332 g/mol. The fourth-order valence-electron chi connectivity index (χ4n) is 3.15. The van der Waals surface area contributed by atoms with Crippen molar-refractivity contribution in [2.24, 2.45) is 0 Å². The summed E-state index contributed by atoms with van der Waals surface area (Å²) in [6, 6.07) is 11.3. The Hall–Kier alpha value is -3.22. The van der Waals surface area contributed by atoms with Gasteiger partial charge in [-0.15, -0.1) is 0 Å². The van der Waals surface area contributed by atoms with Crippen molar-refractivity contribution in [2.45, 2.75) is 18.9 Å². The molecule has 4 rings (SSSR count). The van der Waals surface area contributed by atoms with E-state index in [1.165, 1.54) is 0 Å². The molecule has 2 aromatic heterocycles. The first-order valence-corrected chi connectivity index (χ1v) is 8.38. The maximum absolute atomic E-state index is 12.4. The normalized spacial score (nSPS) is 16.9. The molecule has 1 saturated heterocycles. The van der Waals surface area contributed by atoms with E-state index in [4.69, 9.17) is 9.26 Å². The number of ether oxygens (including phenoxy) is 1. The highest BCUT2D eigenvalue weighted by molar-refractivity contribution is 5.79. The average molecular weight is 350 g/mol. The molecule has 1 aromatic carbocycles. The van der Waals surface area contributed by atoms with Crippen LogP contribution in [-0.4, -0.2) is 39.6 Å². The van der Waals surface area contributed by atoms with Crippen molar-refractivity contribution < 1.29 is 14.1 Å². The van der Waals surface area contributed by atoms with Gasteiger partial charge in [0.25, 0.3) is 5.89 Å². The molecule has 3 aromatic rings. The summed E-state index contributed by atoms with van der Waals surface area (Å²) < 4.78 is 10.7. The third-order valence-corrected chi connectivity index (χ3v) is 4.50. The Balaban J connectivity index is 1.49. The van der Waals surface area contributed by atoms with Gasteiger partial charge >= 0.3 is 0 Å². The molecule has 1 aliphatic rings. The van der Waals surface area contributed by atoms with Crippen molar-refractivity contribution >= 4 is 5.91 Å². The molecule has 132 valence electrons. The first-order valence-electron chi connectivity index (χ1n) is 8.38. The van der Waals surface area contributed by atoms with E-state index in [1.54, 1.807) is 19.5 Å². The highest BCUT2D eigenvalue weighted by Crippen LogP contribution is 2.30. The Bertz CT molecular complexity index is 910. The predicted molar refractivity (Wildman–Crippen MR) is 93.3 cm³/mol. The SMILES string of the molecule is COc1ccccc1CN1CC(c2noc(-c3ccncc3)n2)CC1=O. The van der Waals surface area contributed by atoms with Crippen LogP contribution in [0.15, 0.2) is 53.3 Å². The van der Waals surface area contributed by atoms with Gasteiger partial charge < -0.3 is 14.2 Å². The maximum atomic E-state index is 12.4. The van der Waals surface area contributed by atoms with E-state index >= 15 is 0 Å². The van der Waals surface area contributed by atoms with E-state index in [0.717, 1.165) is 16.9 Å². The second-order valence-electron chi connectivity index (χ2n) is 6.18. The Kier molecular flexibility index (Phi) is 4.35. The molecule has 1 unspecified atom stereocenters. The summed E-state index contributed by atoms with van der Waals surface area (Å²) in [5, 5.41) is 4.07. The first-order chi connectivity index (χ1) is 12.7. The highest BCUT2D eigenvalue weighted by atomic mass is 16.5. The largest absolute Gasteiger partial charge is 0.496 e. The monoisotopic (exact) mass is 350 g/mol. The van der Waals surface area contributed by atoms with Crippen LogP contribution in [0.1, 0.15) is 23.7 Å². The summed E-state index contributed by atoms with van der Waals surface area (Å²) in [6.07, 6.45) is 3.73. The second kappa shape index (κ2) is 6.95. The number of methoxy groups -OCH3 is 1. The van der Waals surface area contributed by atoms with Crippen LogP contribution in [0, 0.1) is 0 Å². The Morgan fingerprint density at radius 3 is 2.85 bits per heavy atom. The van der Waals surface area contributed by atoms with Crippen molar-refractivity contribution in [1.29, 1.82) is 0 Å². The number of hydrogen-bond acceptors (Lipinski definition) is 6. The summed E-state index contributed by atoms with van der Waals surface area (Å²) in [5.74, 6) is 1.79. The molecule has 0 radical (unpaired) electrons. The summed E-state index contributed by atoms with van der Waals surface area (Å²) >= 11 is 0. The number of amides is 1. The van der Waals surface area contributed by atoms with Gasteiger partial charge in [0, 0.05) is 48.9 Å². The molecule has 0 saturated carbocycles. The van der Waals surface area contributed by atoms with Crippen LogP contribution in [0.25, 0.3) is 11.5 Å². The van der Waals surface area contributed by atoms with Crippen molar-refractivity contribution in [3.8, 4) is 17.2 Å². The van der Waals surface area contributed by atoms with Crippen LogP contribution in [-0.2, 0) is 11.3 Å². The minimum atomic E-state index is -0.0726. The van der Waals surface area contributed by atoms with E-state index in [-0.39, 0.29) is 11.8 Å². The number of nitrogens with zero attached hydrogens (tertiary/aromatic N) is 4. The zero-order valence-corrected chi connectivity index (χ0v) is 14.3. The van der Waals surface area contributed by atoms with E-state index in [1.807, 2.05) is 41.3 Å². The van der Waals surface area contributed by atoms with Crippen molar-refractivity contribution in [3.63, 3.8) is 0 Å². The Labute approximate surface area is 150 Å². The summed E-state index contributed by atoms with van der Waals surface area (Å²) in [7, 11) is 1.63. The molecule has 3 heterocycles. The molecule has 1 fully saturated rings. The number of carbonyl (C=O) groups is 1. The summed E-state index contributed by atoms with van der Waals surface area (Å²) in [6.45, 7) is 1.07. The number of carbonyl (C=O) groups excluding carboxylic acids is 1. The standard InChI is InChI=1S/C19H18N4O3/c1-25-16-5-3-2-4-14(16)11-23-12-15(10-17(23)24)18-21-19(26-22-18)13-6-8-20-9-7-13/h2-9,15H,10-12H2,1H3. The third kappa shape index (κ3) is 3.15. The lowest BCUT2D eigenvalue weighted by molar-refractivity contribution is -0.128. The van der Waals surface area contributed by atoms with Gasteiger partial charge in [0.1, 0.15) is 5.75 Å². The van der Waals surface area contributed by atoms with E-state index in [0.29, 0.717) is 31.2 Å². The van der Waals surface area contributed by atoms with Crippen LogP contribution in [0.2, 0.25) is 0 Å². The average Bonchev–Trinajstić information content (AvgIpc) is 3.30. The molecule has 7 nitrogen and oxygen atoms in total. The van der Waals surface area contributed by atoms with E-state index < -0.39 is 0 Å². The number of para-hydroxylation sites is 1. The fourth-order valence-corrected chi connectivity index (χ4v) is 3.15. The first kappa shape index (κ1) is 16.3. The molecule has 1 atom stereocenters. The Morgan fingerprint density at radius 2 is 2.04 bits per heavy atom. The van der Waals surface area contributed by atoms with Gasteiger partial charge in [0.2, 0.25) is 5.91 Å². The molecule has 1 aliphatic heterocycles. The predicted octanol–water partition coefficient (Wildman–Crippen LogP) is 2.66. The number of pyridine rings is 1. The minimum absolute atomic E-state index is 0.0726. The quantitative estimate of drug-likeness (QED) is 0.704. The third-order valence-electron chi connectivity index (χ3n) is 4.50. The van der Waals surface area contributed by atoms with Gasteiger partial charge in [-0.25, -0.2) is 0 Å². The second-order valence-corrected chi connectivity index (χ2v) is 6.18. The lowest BCUT2D eigenvalue weighted by Crippen LogP contribution is -2.24. The van der Waals surface area contributed by atoms with Gasteiger partial charge in [-0.2, -0.15) is 4.98 Å². The van der Waals surface area contributed by atoms with Gasteiger partial charge in [-0.1, -0.05) is 23.4 Å². The molecule has 1 amide bonds. The van der Waals surface area contributed by atoms with Crippen molar-refractivity contribution in [2.75, 3.05) is 13.7 Å². The number of aromatic nitrogens is 3. The van der Waals surface area contributed by atoms with E-state index in [9.17, 15) is 4.79 Å². The van der Waals surface area contributed by atoms with Crippen LogP contribution in [0.5, 0.6) is 5.75 Å². The molecule has 0 N–H and O–H groups in total. The number of likely N-dealkylation sites (tertiary alicyclic amines) is 1. The van der Waals surface area contributed by atoms with Crippen LogP contribution in [0.3, 0.4) is 0 Å². The van der Waals surface area contributed by atoms with Crippen LogP contribution >= 0.6 is 0 Å². The molecule has 0 bridgehead atoms. The summed E-state index contributed by atoms with van der Waals surface area (Å²) in [5.41, 5.74) is 1.79. The topological polar surface area (TPSA) is 81.3 Å². The molecule has 0 aliphatic carbocycles. The molecule has 26 heavy (non-hydrogen) atoms. The number of rotatable bonds is 5. The molecule has 0 spiro atoms. The lowest BCUT2D eigenvalue weighted by atomic mass is 10.1. The van der Waals surface area contributed by atoms with Gasteiger partial charge in [0.15, 0.2) is 5.82 Å². The smallest absolute Gasteiger partial charge is 0.258 e.